The molecule has 3 N–H and O–H groups in total. The molecule has 0 heterocycles. The number of nitrogens with one attached hydrogen (secondary N) is 2. The summed E-state index contributed by atoms with van der Waals surface area (Å²) >= 11 is 0. The molecule has 35 heavy (non-hydrogen) atoms. The number of unbranched alkanes of at least 4 members (excludes halogenated alkanes) is 1. The van der Waals surface area contributed by atoms with Crippen molar-refractivity contribution in [2.75, 3.05) is 17.2 Å². The van der Waals surface area contributed by atoms with Gasteiger partial charge in [-0.15, -0.1) is 0 Å². The van der Waals surface area contributed by atoms with Crippen molar-refractivity contribution < 1.29 is 37.0 Å². The SMILES string of the molecule is CCCCc1cc([C@@H]2CC2C(=O)O)cc(NC(=O)Nc2ccccc2F)c1OCCCC(F)(F)F. The molecule has 0 aliphatic heterocycles. The number of hydrogen-bond acceptors (Lipinski definition) is 3. The van der Waals surface area contributed by atoms with E-state index in [-0.39, 0.29) is 36.1 Å². The van der Waals surface area contributed by atoms with E-state index in [2.05, 4.69) is 10.6 Å². The summed E-state index contributed by atoms with van der Waals surface area (Å²) in [7, 11) is 0. The fraction of sp³-hybridized carbons (Fsp3) is 0.440. The van der Waals surface area contributed by atoms with Crippen LogP contribution in [0.2, 0.25) is 0 Å². The van der Waals surface area contributed by atoms with E-state index in [0.717, 1.165) is 12.8 Å². The number of carbonyl (C=O) groups excluding carboxylic acids is 1. The maximum atomic E-state index is 14.0. The molecule has 0 bridgehead atoms. The van der Waals surface area contributed by atoms with Crippen LogP contribution in [0.5, 0.6) is 5.75 Å². The highest BCUT2D eigenvalue weighted by Crippen LogP contribution is 2.49. The van der Waals surface area contributed by atoms with Gasteiger partial charge >= 0.3 is 18.2 Å². The van der Waals surface area contributed by atoms with E-state index in [9.17, 15) is 32.3 Å². The third-order valence-electron chi connectivity index (χ3n) is 5.74. The summed E-state index contributed by atoms with van der Waals surface area (Å²) in [6.45, 7) is 1.76. The Balaban J connectivity index is 1.88. The summed E-state index contributed by atoms with van der Waals surface area (Å²) in [5.74, 6) is -2.08. The second kappa shape index (κ2) is 11.4. The first-order valence-electron chi connectivity index (χ1n) is 11.5. The van der Waals surface area contributed by atoms with Gasteiger partial charge in [0, 0.05) is 6.42 Å². The van der Waals surface area contributed by atoms with E-state index < -0.39 is 36.3 Å². The van der Waals surface area contributed by atoms with Crippen molar-refractivity contribution in [3.8, 4) is 5.75 Å². The number of hydrogen-bond donors (Lipinski definition) is 3. The van der Waals surface area contributed by atoms with Crippen molar-refractivity contribution in [3.05, 3.63) is 53.3 Å². The van der Waals surface area contributed by atoms with Crippen LogP contribution in [0.15, 0.2) is 36.4 Å². The molecule has 3 rings (SSSR count). The average Bonchev–Trinajstić information content (AvgIpc) is 3.58. The van der Waals surface area contributed by atoms with Crippen LogP contribution in [-0.4, -0.2) is 29.9 Å². The van der Waals surface area contributed by atoms with Crippen molar-refractivity contribution in [3.63, 3.8) is 0 Å². The lowest BCUT2D eigenvalue weighted by molar-refractivity contribution is -0.138. The van der Waals surface area contributed by atoms with E-state index in [4.69, 9.17) is 4.74 Å². The summed E-state index contributed by atoms with van der Waals surface area (Å²) in [5, 5.41) is 14.4. The Morgan fingerprint density at radius 3 is 2.46 bits per heavy atom. The molecule has 0 radical (unpaired) electrons. The number of benzene rings is 2. The van der Waals surface area contributed by atoms with Gasteiger partial charge in [0.2, 0.25) is 0 Å². The highest BCUT2D eigenvalue weighted by Gasteiger charge is 2.44. The van der Waals surface area contributed by atoms with Gasteiger partial charge in [-0.25, -0.2) is 9.18 Å². The number of para-hydroxylation sites is 1. The molecule has 1 aliphatic carbocycles. The number of halogens is 4. The molecule has 0 spiro atoms. The number of aliphatic carboxylic acids is 1. The summed E-state index contributed by atoms with van der Waals surface area (Å²) in [4.78, 5) is 24.0. The summed E-state index contributed by atoms with van der Waals surface area (Å²) in [6.07, 6.45) is -2.98. The topological polar surface area (TPSA) is 87.7 Å². The van der Waals surface area contributed by atoms with Crippen LogP contribution in [0.1, 0.15) is 56.1 Å². The lowest BCUT2D eigenvalue weighted by Crippen LogP contribution is -2.21. The van der Waals surface area contributed by atoms with Gasteiger partial charge in [-0.2, -0.15) is 13.2 Å². The van der Waals surface area contributed by atoms with E-state index in [1.165, 1.54) is 18.2 Å². The van der Waals surface area contributed by atoms with E-state index in [1.54, 1.807) is 12.1 Å². The predicted molar refractivity (Wildman–Crippen MR) is 123 cm³/mol. The van der Waals surface area contributed by atoms with Crippen LogP contribution < -0.4 is 15.4 Å². The first kappa shape index (κ1) is 26.3. The molecule has 2 aromatic carbocycles. The molecular formula is C25H28F4N2O4. The average molecular weight is 497 g/mol. The van der Waals surface area contributed by atoms with Gasteiger partial charge in [0.25, 0.3) is 0 Å². The minimum Gasteiger partial charge on any atom is -0.491 e. The van der Waals surface area contributed by atoms with Crippen LogP contribution in [0.3, 0.4) is 0 Å². The lowest BCUT2D eigenvalue weighted by Gasteiger charge is -2.19. The summed E-state index contributed by atoms with van der Waals surface area (Å²) < 4.78 is 57.4. The van der Waals surface area contributed by atoms with Gasteiger partial charge in [0.05, 0.1) is 23.9 Å². The van der Waals surface area contributed by atoms with Gasteiger partial charge in [-0.05, 0) is 60.9 Å². The van der Waals surface area contributed by atoms with Crippen LogP contribution in [0, 0.1) is 11.7 Å². The van der Waals surface area contributed by atoms with E-state index in [0.29, 0.717) is 24.0 Å². The molecule has 190 valence electrons. The zero-order valence-corrected chi connectivity index (χ0v) is 19.3. The minimum atomic E-state index is -4.31. The normalized spacial score (nSPS) is 17.1. The summed E-state index contributed by atoms with van der Waals surface area (Å²) in [5.41, 5.74) is 1.53. The Bertz CT molecular complexity index is 1060. The molecule has 1 fully saturated rings. The second-order valence-electron chi connectivity index (χ2n) is 8.57. The van der Waals surface area contributed by atoms with Gasteiger partial charge in [0.15, 0.2) is 0 Å². The lowest BCUT2D eigenvalue weighted by atomic mass is 9.99. The molecule has 2 atom stereocenters. The Morgan fingerprint density at radius 2 is 1.83 bits per heavy atom. The van der Waals surface area contributed by atoms with Gasteiger partial charge in [-0.3, -0.25) is 4.79 Å². The molecule has 2 amide bonds. The molecule has 1 unspecified atom stereocenters. The Hall–Kier alpha value is -3.30. The molecule has 1 aliphatic rings. The molecule has 0 aromatic heterocycles. The van der Waals surface area contributed by atoms with Crippen molar-refractivity contribution in [1.29, 1.82) is 0 Å². The number of urea groups is 1. The number of ether oxygens (including phenoxy) is 1. The molecule has 1 saturated carbocycles. The first-order valence-corrected chi connectivity index (χ1v) is 11.5. The largest absolute Gasteiger partial charge is 0.491 e. The monoisotopic (exact) mass is 496 g/mol. The fourth-order valence-corrected chi connectivity index (χ4v) is 3.87. The van der Waals surface area contributed by atoms with E-state index in [1.807, 2.05) is 13.0 Å². The van der Waals surface area contributed by atoms with Gasteiger partial charge < -0.3 is 20.5 Å². The fourth-order valence-electron chi connectivity index (χ4n) is 3.87. The maximum Gasteiger partial charge on any atom is 0.389 e. The third-order valence-corrected chi connectivity index (χ3v) is 5.74. The number of alkyl halides is 3. The molecule has 2 aromatic rings. The highest BCUT2D eigenvalue weighted by atomic mass is 19.4. The quantitative estimate of drug-likeness (QED) is 0.238. The molecule has 10 heteroatoms. The van der Waals surface area contributed by atoms with Crippen LogP contribution in [-0.2, 0) is 11.2 Å². The van der Waals surface area contributed by atoms with Crippen LogP contribution in [0.4, 0.5) is 33.7 Å². The Labute approximate surface area is 200 Å². The van der Waals surface area contributed by atoms with Crippen LogP contribution in [0.25, 0.3) is 0 Å². The molecule has 0 saturated heterocycles. The van der Waals surface area contributed by atoms with Crippen LogP contribution >= 0.6 is 0 Å². The highest BCUT2D eigenvalue weighted by molar-refractivity contribution is 6.01. The van der Waals surface area contributed by atoms with Crippen molar-refractivity contribution in [2.24, 2.45) is 5.92 Å². The number of anilines is 2. The predicted octanol–water partition coefficient (Wildman–Crippen LogP) is 6.72. The third kappa shape index (κ3) is 7.60. The molecular weight excluding hydrogens is 468 g/mol. The molecule has 6 nitrogen and oxygen atoms in total. The number of carboxylic acid groups (broad SMARTS) is 1. The Morgan fingerprint density at radius 1 is 1.11 bits per heavy atom. The Kier molecular flexibility index (Phi) is 8.58. The standard InChI is InChI=1S/C25H28F4N2O4/c1-2-3-7-15-12-16(17-14-18(17)23(32)33)13-21(22(15)35-11-6-10-25(27,28)29)31-24(34)30-20-9-5-4-8-19(20)26/h4-5,8-9,12-13,17-18H,2-3,6-7,10-11,14H2,1H3,(H,32,33)(H2,30,31,34)/t17-,18?/m0/s1. The zero-order chi connectivity index (χ0) is 25.6. The van der Waals surface area contributed by atoms with Crippen molar-refractivity contribution in [2.45, 2.75) is 57.5 Å². The van der Waals surface area contributed by atoms with Gasteiger partial charge in [0.1, 0.15) is 11.6 Å². The smallest absolute Gasteiger partial charge is 0.389 e. The van der Waals surface area contributed by atoms with Crippen molar-refractivity contribution >= 4 is 23.4 Å². The number of aryl methyl sites for hydroxylation is 1. The number of carbonyl (C=O) groups is 2. The minimum absolute atomic E-state index is 0.0480. The van der Waals surface area contributed by atoms with E-state index >= 15 is 0 Å². The van der Waals surface area contributed by atoms with Crippen molar-refractivity contribution in [1.82, 2.24) is 0 Å². The number of rotatable bonds is 11. The zero-order valence-electron chi connectivity index (χ0n) is 19.3. The van der Waals surface area contributed by atoms with Gasteiger partial charge in [-0.1, -0.05) is 31.5 Å². The number of amides is 2. The maximum absolute atomic E-state index is 14.0. The summed E-state index contributed by atoms with van der Waals surface area (Å²) in [6, 6.07) is 8.23. The second-order valence-corrected chi connectivity index (χ2v) is 8.57. The number of carboxylic acids is 1. The first-order chi connectivity index (χ1) is 16.6.